The molecule has 0 bridgehead atoms. The van der Waals surface area contributed by atoms with Gasteiger partial charge in [0, 0.05) is 30.2 Å². The quantitative estimate of drug-likeness (QED) is 0.792. The molecule has 0 amide bonds. The van der Waals surface area contributed by atoms with Gasteiger partial charge in [0.15, 0.2) is 0 Å². The molecule has 24 heavy (non-hydrogen) atoms. The highest BCUT2D eigenvalue weighted by atomic mass is 19.3. The third-order valence-electron chi connectivity index (χ3n) is 5.14. The number of phenolic OH excluding ortho intramolecular Hbond substituents is 2. The Morgan fingerprint density at radius 2 is 1.71 bits per heavy atom. The number of aromatic hydroxyl groups is 2. The molecule has 1 aliphatic heterocycles. The van der Waals surface area contributed by atoms with Crippen molar-refractivity contribution in [1.29, 1.82) is 0 Å². The highest BCUT2D eigenvalue weighted by molar-refractivity contribution is 5.45. The van der Waals surface area contributed by atoms with Crippen molar-refractivity contribution < 1.29 is 23.7 Å². The standard InChI is InChI=1S/C19H18F2O3/c20-19(21)8-7-14-16(10-19)15-9-13(23)5-6-17(15)24-18(14)11-1-3-12(22)4-2-11/h1-6,9,14,16,18,22-23H,7-8,10H2/t14?,16-,18?/m0/s1. The summed E-state index contributed by atoms with van der Waals surface area (Å²) >= 11 is 0. The lowest BCUT2D eigenvalue weighted by Gasteiger charge is -2.44. The molecule has 2 aromatic rings. The lowest BCUT2D eigenvalue weighted by atomic mass is 9.68. The maximum absolute atomic E-state index is 14.0. The minimum Gasteiger partial charge on any atom is -0.508 e. The van der Waals surface area contributed by atoms with Gasteiger partial charge >= 0.3 is 0 Å². The Morgan fingerprint density at radius 1 is 1.00 bits per heavy atom. The number of rotatable bonds is 1. The van der Waals surface area contributed by atoms with Gasteiger partial charge in [0.2, 0.25) is 5.92 Å². The molecule has 3 nitrogen and oxygen atoms in total. The van der Waals surface area contributed by atoms with Crippen LogP contribution in [-0.4, -0.2) is 16.1 Å². The minimum atomic E-state index is -2.69. The van der Waals surface area contributed by atoms with Crippen LogP contribution in [0.3, 0.4) is 0 Å². The molecule has 2 unspecified atom stereocenters. The van der Waals surface area contributed by atoms with Gasteiger partial charge in [-0.25, -0.2) is 8.78 Å². The molecule has 0 saturated heterocycles. The normalized spacial score (nSPS) is 27.7. The largest absolute Gasteiger partial charge is 0.508 e. The molecule has 1 saturated carbocycles. The fourth-order valence-corrected chi connectivity index (χ4v) is 3.99. The summed E-state index contributed by atoms with van der Waals surface area (Å²) in [5.41, 5.74) is 1.53. The minimum absolute atomic E-state index is 0.0630. The topological polar surface area (TPSA) is 49.7 Å². The Balaban J connectivity index is 1.78. The van der Waals surface area contributed by atoms with Crippen LogP contribution in [0.15, 0.2) is 42.5 Å². The maximum Gasteiger partial charge on any atom is 0.248 e. The summed E-state index contributed by atoms with van der Waals surface area (Å²) in [5.74, 6) is -2.36. The fourth-order valence-electron chi connectivity index (χ4n) is 3.99. The van der Waals surface area contributed by atoms with Crippen molar-refractivity contribution in [1.82, 2.24) is 0 Å². The van der Waals surface area contributed by atoms with E-state index in [2.05, 4.69) is 0 Å². The zero-order chi connectivity index (χ0) is 16.9. The van der Waals surface area contributed by atoms with Gasteiger partial charge in [-0.15, -0.1) is 0 Å². The van der Waals surface area contributed by atoms with Crippen LogP contribution < -0.4 is 4.74 Å². The lowest BCUT2D eigenvalue weighted by molar-refractivity contribution is -0.0767. The van der Waals surface area contributed by atoms with E-state index in [0.29, 0.717) is 17.7 Å². The molecule has 0 aromatic heterocycles. The lowest BCUT2D eigenvalue weighted by Crippen LogP contribution is -2.38. The molecule has 0 spiro atoms. The Morgan fingerprint density at radius 3 is 2.46 bits per heavy atom. The molecule has 4 rings (SSSR count). The van der Waals surface area contributed by atoms with Gasteiger partial charge in [0.25, 0.3) is 0 Å². The predicted molar refractivity (Wildman–Crippen MR) is 84.6 cm³/mol. The van der Waals surface area contributed by atoms with E-state index in [1.165, 1.54) is 6.07 Å². The Kier molecular flexibility index (Phi) is 3.41. The average molecular weight is 332 g/mol. The van der Waals surface area contributed by atoms with Crippen molar-refractivity contribution in [3.63, 3.8) is 0 Å². The van der Waals surface area contributed by atoms with E-state index in [4.69, 9.17) is 4.74 Å². The molecule has 3 atom stereocenters. The molecule has 2 N–H and O–H groups in total. The Bertz CT molecular complexity index is 758. The van der Waals surface area contributed by atoms with Crippen molar-refractivity contribution in [3.05, 3.63) is 53.6 Å². The van der Waals surface area contributed by atoms with Crippen molar-refractivity contribution >= 4 is 0 Å². The number of hydrogen-bond donors (Lipinski definition) is 2. The van der Waals surface area contributed by atoms with Crippen LogP contribution in [0.4, 0.5) is 8.78 Å². The molecule has 2 aromatic carbocycles. The second-order valence-electron chi connectivity index (χ2n) is 6.72. The monoisotopic (exact) mass is 332 g/mol. The molecule has 2 aliphatic rings. The molecule has 126 valence electrons. The molecule has 1 heterocycles. The highest BCUT2D eigenvalue weighted by Gasteiger charge is 2.48. The third kappa shape index (κ3) is 2.58. The fraction of sp³-hybridized carbons (Fsp3) is 0.368. The number of fused-ring (bicyclic) bond motifs is 3. The van der Waals surface area contributed by atoms with Crippen LogP contribution in [0.5, 0.6) is 17.2 Å². The van der Waals surface area contributed by atoms with Crippen molar-refractivity contribution in [2.24, 2.45) is 5.92 Å². The Labute approximate surface area is 138 Å². The SMILES string of the molecule is Oc1ccc(C2Oc3ccc(O)cc3[C@H]3CC(F)(F)CCC23)cc1. The van der Waals surface area contributed by atoms with Gasteiger partial charge in [-0.2, -0.15) is 0 Å². The zero-order valence-electron chi connectivity index (χ0n) is 13.0. The molecular formula is C19H18F2O3. The summed E-state index contributed by atoms with van der Waals surface area (Å²) in [4.78, 5) is 0. The summed E-state index contributed by atoms with van der Waals surface area (Å²) in [5, 5.41) is 19.2. The van der Waals surface area contributed by atoms with Crippen LogP contribution in [-0.2, 0) is 0 Å². The second kappa shape index (κ2) is 5.36. The van der Waals surface area contributed by atoms with Gasteiger partial charge < -0.3 is 14.9 Å². The van der Waals surface area contributed by atoms with Gasteiger partial charge in [-0.1, -0.05) is 12.1 Å². The predicted octanol–water partition coefficient (Wildman–Crippen LogP) is 4.75. The first-order valence-corrected chi connectivity index (χ1v) is 8.09. The van der Waals surface area contributed by atoms with E-state index in [9.17, 15) is 19.0 Å². The van der Waals surface area contributed by atoms with Crippen LogP contribution in [0.2, 0.25) is 0 Å². The van der Waals surface area contributed by atoms with E-state index in [1.54, 1.807) is 36.4 Å². The van der Waals surface area contributed by atoms with Gasteiger partial charge in [0.1, 0.15) is 23.4 Å². The summed E-state index contributed by atoms with van der Waals surface area (Å²) in [7, 11) is 0. The maximum atomic E-state index is 14.0. The van der Waals surface area contributed by atoms with Gasteiger partial charge in [-0.05, 0) is 42.3 Å². The number of halogens is 2. The summed E-state index contributed by atoms with van der Waals surface area (Å²) in [6.07, 6.45) is -0.353. The van der Waals surface area contributed by atoms with E-state index in [-0.39, 0.29) is 42.3 Å². The molecule has 5 heteroatoms. The molecule has 1 fully saturated rings. The highest BCUT2D eigenvalue weighted by Crippen LogP contribution is 2.56. The number of hydrogen-bond acceptors (Lipinski definition) is 3. The van der Waals surface area contributed by atoms with E-state index in [0.717, 1.165) is 5.56 Å². The van der Waals surface area contributed by atoms with Crippen LogP contribution in [0, 0.1) is 5.92 Å². The smallest absolute Gasteiger partial charge is 0.248 e. The van der Waals surface area contributed by atoms with Crippen molar-refractivity contribution in [2.45, 2.75) is 37.2 Å². The van der Waals surface area contributed by atoms with E-state index < -0.39 is 5.92 Å². The van der Waals surface area contributed by atoms with Crippen molar-refractivity contribution in [3.8, 4) is 17.2 Å². The van der Waals surface area contributed by atoms with Gasteiger partial charge in [0.05, 0.1) is 0 Å². The zero-order valence-corrected chi connectivity index (χ0v) is 13.0. The summed E-state index contributed by atoms with van der Waals surface area (Å²) in [6, 6.07) is 11.4. The molecular weight excluding hydrogens is 314 g/mol. The number of alkyl halides is 2. The van der Waals surface area contributed by atoms with E-state index in [1.807, 2.05) is 0 Å². The van der Waals surface area contributed by atoms with E-state index >= 15 is 0 Å². The number of benzene rings is 2. The Hall–Kier alpha value is -2.30. The second-order valence-corrected chi connectivity index (χ2v) is 6.72. The number of ether oxygens (including phenoxy) is 1. The van der Waals surface area contributed by atoms with Crippen molar-refractivity contribution in [2.75, 3.05) is 0 Å². The third-order valence-corrected chi connectivity index (χ3v) is 5.14. The summed E-state index contributed by atoms with van der Waals surface area (Å²) < 4.78 is 34.1. The van der Waals surface area contributed by atoms with Gasteiger partial charge in [-0.3, -0.25) is 0 Å². The molecule has 0 radical (unpaired) electrons. The van der Waals surface area contributed by atoms with Crippen LogP contribution >= 0.6 is 0 Å². The molecule has 1 aliphatic carbocycles. The average Bonchev–Trinajstić information content (AvgIpc) is 2.54. The first-order chi connectivity index (χ1) is 11.4. The van der Waals surface area contributed by atoms with Crippen LogP contribution in [0.25, 0.3) is 0 Å². The summed E-state index contributed by atoms with van der Waals surface area (Å²) in [6.45, 7) is 0. The first kappa shape index (κ1) is 15.2. The first-order valence-electron chi connectivity index (χ1n) is 8.09. The number of phenols is 2. The van der Waals surface area contributed by atoms with Crippen LogP contribution in [0.1, 0.15) is 42.4 Å².